The highest BCUT2D eigenvalue weighted by Crippen LogP contribution is 2.37. The number of hydrogen-bond acceptors (Lipinski definition) is 3. The van der Waals surface area contributed by atoms with Crippen molar-refractivity contribution in [1.29, 1.82) is 0 Å². The number of fused-ring (bicyclic) bond motifs is 1. The number of rotatable bonds is 3. The standard InChI is InChI=1S/C18H18N2O3/c1-12-8-9-15-14(10-12)17(13-6-4-3-5-7-13)20(18(22)19-15)11-16(21)23-2/h3-10,17H,11H2,1-2H3,(H,19,22)/t17-/m0/s1. The van der Waals surface area contributed by atoms with E-state index < -0.39 is 5.97 Å². The number of carbonyl (C=O) groups excluding carboxylic acids is 2. The van der Waals surface area contributed by atoms with Crippen molar-refractivity contribution in [2.75, 3.05) is 19.0 Å². The van der Waals surface area contributed by atoms with Crippen molar-refractivity contribution < 1.29 is 14.3 Å². The Morgan fingerprint density at radius 2 is 1.96 bits per heavy atom. The SMILES string of the molecule is COC(=O)CN1C(=O)Nc2ccc(C)cc2[C@@H]1c1ccccc1. The van der Waals surface area contributed by atoms with E-state index in [1.165, 1.54) is 12.0 Å². The number of hydrogen-bond donors (Lipinski definition) is 1. The van der Waals surface area contributed by atoms with Crippen LogP contribution in [0.4, 0.5) is 10.5 Å². The average Bonchev–Trinajstić information content (AvgIpc) is 2.56. The minimum absolute atomic E-state index is 0.102. The van der Waals surface area contributed by atoms with E-state index in [0.29, 0.717) is 0 Å². The number of anilines is 1. The number of nitrogens with zero attached hydrogens (tertiary/aromatic N) is 1. The first-order chi connectivity index (χ1) is 11.1. The predicted molar refractivity (Wildman–Crippen MR) is 87.2 cm³/mol. The van der Waals surface area contributed by atoms with Crippen LogP contribution in [0.25, 0.3) is 0 Å². The number of carbonyl (C=O) groups is 2. The van der Waals surface area contributed by atoms with Gasteiger partial charge >= 0.3 is 12.0 Å². The van der Waals surface area contributed by atoms with Crippen LogP contribution in [0.2, 0.25) is 0 Å². The molecule has 0 spiro atoms. The summed E-state index contributed by atoms with van der Waals surface area (Å²) in [6.45, 7) is 1.90. The van der Waals surface area contributed by atoms with E-state index in [9.17, 15) is 9.59 Å². The lowest BCUT2D eigenvalue weighted by Crippen LogP contribution is -2.45. The zero-order valence-corrected chi connectivity index (χ0v) is 13.1. The fraction of sp³-hybridized carbons (Fsp3) is 0.222. The zero-order chi connectivity index (χ0) is 16.4. The van der Waals surface area contributed by atoms with Crippen LogP contribution in [0, 0.1) is 6.92 Å². The average molecular weight is 310 g/mol. The molecule has 0 aliphatic carbocycles. The third kappa shape index (κ3) is 2.90. The molecule has 0 bridgehead atoms. The molecule has 5 nitrogen and oxygen atoms in total. The van der Waals surface area contributed by atoms with Gasteiger partial charge in [0.2, 0.25) is 0 Å². The molecule has 1 N–H and O–H groups in total. The van der Waals surface area contributed by atoms with E-state index in [1.54, 1.807) is 0 Å². The monoisotopic (exact) mass is 310 g/mol. The second-order valence-corrected chi connectivity index (χ2v) is 5.54. The molecule has 0 saturated heterocycles. The van der Waals surface area contributed by atoms with Gasteiger partial charge in [-0.1, -0.05) is 48.0 Å². The van der Waals surface area contributed by atoms with Crippen molar-refractivity contribution >= 4 is 17.7 Å². The normalized spacial score (nSPS) is 16.5. The first kappa shape index (κ1) is 15.1. The highest BCUT2D eigenvalue weighted by Gasteiger charge is 2.34. The van der Waals surface area contributed by atoms with Crippen molar-refractivity contribution in [2.45, 2.75) is 13.0 Å². The molecule has 2 aromatic rings. The zero-order valence-electron chi connectivity index (χ0n) is 13.1. The fourth-order valence-corrected chi connectivity index (χ4v) is 2.86. The van der Waals surface area contributed by atoms with E-state index in [-0.39, 0.29) is 18.6 Å². The lowest BCUT2D eigenvalue weighted by atomic mass is 9.92. The Morgan fingerprint density at radius 1 is 1.22 bits per heavy atom. The summed E-state index contributed by atoms with van der Waals surface area (Å²) in [5.74, 6) is -0.447. The maximum atomic E-state index is 12.5. The van der Waals surface area contributed by atoms with Gasteiger partial charge < -0.3 is 15.0 Å². The minimum atomic E-state index is -0.447. The van der Waals surface area contributed by atoms with Crippen molar-refractivity contribution in [3.63, 3.8) is 0 Å². The summed E-state index contributed by atoms with van der Waals surface area (Å²) in [5, 5.41) is 2.85. The van der Waals surface area contributed by atoms with Crippen molar-refractivity contribution in [1.82, 2.24) is 4.90 Å². The number of esters is 1. The van der Waals surface area contributed by atoms with Crippen LogP contribution in [0.5, 0.6) is 0 Å². The molecule has 0 aromatic heterocycles. The van der Waals surface area contributed by atoms with E-state index in [0.717, 1.165) is 22.4 Å². The number of methoxy groups -OCH3 is 1. The maximum absolute atomic E-state index is 12.5. The molecule has 1 heterocycles. The van der Waals surface area contributed by atoms with Gasteiger partial charge in [0.1, 0.15) is 6.54 Å². The van der Waals surface area contributed by atoms with Gasteiger partial charge in [0.15, 0.2) is 0 Å². The summed E-state index contributed by atoms with van der Waals surface area (Å²) >= 11 is 0. The molecule has 23 heavy (non-hydrogen) atoms. The first-order valence-electron chi connectivity index (χ1n) is 7.40. The van der Waals surface area contributed by atoms with Crippen molar-refractivity contribution in [3.8, 4) is 0 Å². The summed E-state index contributed by atoms with van der Waals surface area (Å²) in [4.78, 5) is 25.7. The molecule has 1 aliphatic heterocycles. The van der Waals surface area contributed by atoms with Gasteiger partial charge in [-0.05, 0) is 18.6 Å². The van der Waals surface area contributed by atoms with Gasteiger partial charge in [-0.2, -0.15) is 0 Å². The second-order valence-electron chi connectivity index (χ2n) is 5.54. The quantitative estimate of drug-likeness (QED) is 0.886. The molecule has 0 saturated carbocycles. The largest absolute Gasteiger partial charge is 0.468 e. The lowest BCUT2D eigenvalue weighted by Gasteiger charge is -2.37. The van der Waals surface area contributed by atoms with Gasteiger partial charge in [0, 0.05) is 11.3 Å². The highest BCUT2D eigenvalue weighted by molar-refractivity contribution is 5.95. The van der Waals surface area contributed by atoms with Gasteiger partial charge in [-0.15, -0.1) is 0 Å². The molecular formula is C18H18N2O3. The Balaban J connectivity index is 2.12. The van der Waals surface area contributed by atoms with Crippen molar-refractivity contribution in [3.05, 3.63) is 65.2 Å². The molecule has 0 radical (unpaired) electrons. The van der Waals surface area contributed by atoms with E-state index in [4.69, 9.17) is 4.74 Å². The Hall–Kier alpha value is -2.82. The maximum Gasteiger partial charge on any atom is 0.325 e. The molecule has 0 unspecified atom stereocenters. The molecule has 3 rings (SSSR count). The van der Waals surface area contributed by atoms with Crippen LogP contribution < -0.4 is 5.32 Å². The Morgan fingerprint density at radius 3 is 2.65 bits per heavy atom. The van der Waals surface area contributed by atoms with Crippen molar-refractivity contribution in [2.24, 2.45) is 0 Å². The smallest absolute Gasteiger partial charge is 0.325 e. The highest BCUT2D eigenvalue weighted by atomic mass is 16.5. The number of aryl methyl sites for hydroxylation is 1. The fourth-order valence-electron chi connectivity index (χ4n) is 2.86. The summed E-state index contributed by atoms with van der Waals surface area (Å²) in [5.41, 5.74) is 3.80. The third-order valence-corrected chi connectivity index (χ3v) is 3.96. The number of amides is 2. The molecule has 118 valence electrons. The number of ether oxygens (including phenoxy) is 1. The summed E-state index contributed by atoms with van der Waals surface area (Å²) in [7, 11) is 1.32. The van der Waals surface area contributed by atoms with Crippen LogP contribution in [-0.2, 0) is 9.53 Å². The van der Waals surface area contributed by atoms with Gasteiger partial charge in [-0.25, -0.2) is 4.79 Å². The second kappa shape index (κ2) is 6.12. The minimum Gasteiger partial charge on any atom is -0.468 e. The number of nitrogens with one attached hydrogen (secondary N) is 1. The summed E-state index contributed by atoms with van der Waals surface area (Å²) < 4.78 is 4.74. The van der Waals surface area contributed by atoms with E-state index in [2.05, 4.69) is 5.32 Å². The van der Waals surface area contributed by atoms with E-state index >= 15 is 0 Å². The molecular weight excluding hydrogens is 292 g/mol. The van der Waals surface area contributed by atoms with Gasteiger partial charge in [0.25, 0.3) is 0 Å². The molecule has 0 fully saturated rings. The topological polar surface area (TPSA) is 58.6 Å². The van der Waals surface area contributed by atoms with Crippen LogP contribution in [-0.4, -0.2) is 30.6 Å². The van der Waals surface area contributed by atoms with Gasteiger partial charge in [-0.3, -0.25) is 4.79 Å². The summed E-state index contributed by atoms with van der Waals surface area (Å²) in [6, 6.07) is 15.0. The molecule has 1 atom stereocenters. The molecule has 1 aliphatic rings. The number of urea groups is 1. The van der Waals surface area contributed by atoms with E-state index in [1.807, 2.05) is 55.5 Å². The van der Waals surface area contributed by atoms with Crippen LogP contribution in [0.15, 0.2) is 48.5 Å². The molecule has 2 aromatic carbocycles. The molecule has 5 heteroatoms. The predicted octanol–water partition coefficient (Wildman–Crippen LogP) is 3.10. The number of benzene rings is 2. The Kier molecular flexibility index (Phi) is 4.02. The van der Waals surface area contributed by atoms with Crippen LogP contribution >= 0.6 is 0 Å². The summed E-state index contributed by atoms with van der Waals surface area (Å²) in [6.07, 6.45) is 0. The van der Waals surface area contributed by atoms with Crippen LogP contribution in [0.1, 0.15) is 22.7 Å². The first-order valence-corrected chi connectivity index (χ1v) is 7.40. The Bertz CT molecular complexity index is 743. The van der Waals surface area contributed by atoms with Gasteiger partial charge in [0.05, 0.1) is 13.2 Å². The lowest BCUT2D eigenvalue weighted by molar-refractivity contribution is -0.141. The third-order valence-electron chi connectivity index (χ3n) is 3.96. The molecule has 2 amide bonds. The van der Waals surface area contributed by atoms with Crippen LogP contribution in [0.3, 0.4) is 0 Å². The Labute approximate surface area is 134 Å².